The zero-order valence-corrected chi connectivity index (χ0v) is 22.8. The predicted octanol–water partition coefficient (Wildman–Crippen LogP) is 5.20. The van der Waals surface area contributed by atoms with Crippen molar-refractivity contribution < 1.29 is 17.7 Å². The van der Waals surface area contributed by atoms with Gasteiger partial charge in [0.2, 0.25) is 10.0 Å². The fourth-order valence-corrected chi connectivity index (χ4v) is 7.20. The molecule has 1 saturated heterocycles. The average molecular weight is 532 g/mol. The maximum atomic E-state index is 14.1. The first kappa shape index (κ1) is 26.2. The standard InChI is InChI=1S/C30H33N3O4S/c1-22-13-14-26(23(2)19-22)30(24-9-5-4-6-10-24)38(34,35)33-17-15-32(16-18-33)21-25-20-28(31-37-25)27-11-7-8-12-29(27)36-3/h4-14,19-20,30H,15-18,21H2,1-3H3. The quantitative estimate of drug-likeness (QED) is 0.311. The number of hydrogen-bond acceptors (Lipinski definition) is 6. The van der Waals surface area contributed by atoms with E-state index in [0.29, 0.717) is 32.7 Å². The van der Waals surface area contributed by atoms with E-state index in [1.54, 1.807) is 11.4 Å². The Labute approximate surface area is 224 Å². The fraction of sp³-hybridized carbons (Fsp3) is 0.300. The lowest BCUT2D eigenvalue weighted by Gasteiger charge is -2.36. The monoisotopic (exact) mass is 531 g/mol. The van der Waals surface area contributed by atoms with Gasteiger partial charge >= 0.3 is 0 Å². The number of hydrogen-bond donors (Lipinski definition) is 0. The molecular formula is C30H33N3O4S. The molecule has 0 aliphatic carbocycles. The van der Waals surface area contributed by atoms with Gasteiger partial charge in [-0.15, -0.1) is 0 Å². The van der Waals surface area contributed by atoms with Gasteiger partial charge in [0, 0.05) is 37.8 Å². The molecule has 1 fully saturated rings. The van der Waals surface area contributed by atoms with Gasteiger partial charge in [0.1, 0.15) is 16.7 Å². The third-order valence-corrected chi connectivity index (χ3v) is 9.33. The van der Waals surface area contributed by atoms with Crippen molar-refractivity contribution in [1.82, 2.24) is 14.4 Å². The first-order chi connectivity index (χ1) is 18.4. The Bertz CT molecular complexity index is 1490. The Morgan fingerprint density at radius 2 is 1.63 bits per heavy atom. The van der Waals surface area contributed by atoms with Gasteiger partial charge in [0.15, 0.2) is 5.76 Å². The lowest BCUT2D eigenvalue weighted by molar-refractivity contribution is 0.165. The van der Waals surface area contributed by atoms with Gasteiger partial charge in [-0.25, -0.2) is 8.42 Å². The van der Waals surface area contributed by atoms with E-state index in [2.05, 4.69) is 16.1 Å². The van der Waals surface area contributed by atoms with E-state index in [-0.39, 0.29) is 0 Å². The SMILES string of the molecule is COc1ccccc1-c1cc(CN2CCN(S(=O)(=O)C(c3ccccc3)c3ccc(C)cc3C)CC2)on1. The minimum atomic E-state index is -3.64. The minimum absolute atomic E-state index is 0.421. The van der Waals surface area contributed by atoms with Crippen LogP contribution in [0.15, 0.2) is 83.4 Å². The number of aromatic nitrogens is 1. The Morgan fingerprint density at radius 3 is 2.34 bits per heavy atom. The number of ether oxygens (including phenoxy) is 1. The van der Waals surface area contributed by atoms with Crippen LogP contribution >= 0.6 is 0 Å². The average Bonchev–Trinajstić information content (AvgIpc) is 3.39. The molecule has 0 N–H and O–H groups in total. The van der Waals surface area contributed by atoms with Gasteiger partial charge in [-0.05, 0) is 42.7 Å². The van der Waals surface area contributed by atoms with Crippen LogP contribution in [0.4, 0.5) is 0 Å². The summed E-state index contributed by atoms with van der Waals surface area (Å²) in [6, 6.07) is 25.1. The summed E-state index contributed by atoms with van der Waals surface area (Å²) in [6.45, 7) is 6.64. The van der Waals surface area contributed by atoms with Crippen molar-refractivity contribution in [3.63, 3.8) is 0 Å². The van der Waals surface area contributed by atoms with Crippen LogP contribution in [-0.4, -0.2) is 56.1 Å². The van der Waals surface area contributed by atoms with Gasteiger partial charge in [-0.1, -0.05) is 71.4 Å². The van der Waals surface area contributed by atoms with Crippen molar-refractivity contribution in [2.45, 2.75) is 25.6 Å². The van der Waals surface area contributed by atoms with E-state index in [1.807, 2.05) is 86.6 Å². The molecule has 1 aromatic heterocycles. The molecule has 0 bridgehead atoms. The fourth-order valence-electron chi connectivity index (χ4n) is 5.14. The lowest BCUT2D eigenvalue weighted by atomic mass is 9.98. The third-order valence-electron chi connectivity index (χ3n) is 7.12. The van der Waals surface area contributed by atoms with E-state index in [0.717, 1.165) is 45.0 Å². The number of aryl methyl sites for hydroxylation is 2. The molecule has 4 aromatic rings. The summed E-state index contributed by atoms with van der Waals surface area (Å²) in [6.07, 6.45) is 0. The van der Waals surface area contributed by atoms with Crippen molar-refractivity contribution in [3.8, 4) is 17.0 Å². The summed E-state index contributed by atoms with van der Waals surface area (Å²) >= 11 is 0. The molecular weight excluding hydrogens is 498 g/mol. The molecule has 0 saturated carbocycles. The van der Waals surface area contributed by atoms with Crippen LogP contribution in [0.3, 0.4) is 0 Å². The van der Waals surface area contributed by atoms with Gasteiger partial charge < -0.3 is 9.26 Å². The first-order valence-corrected chi connectivity index (χ1v) is 14.3. The van der Waals surface area contributed by atoms with E-state index >= 15 is 0 Å². The highest BCUT2D eigenvalue weighted by Gasteiger charge is 2.37. The van der Waals surface area contributed by atoms with Crippen LogP contribution in [0.1, 0.15) is 33.3 Å². The van der Waals surface area contributed by atoms with Crippen molar-refractivity contribution in [3.05, 3.63) is 107 Å². The molecule has 8 heteroatoms. The number of nitrogens with zero attached hydrogens (tertiary/aromatic N) is 3. The van der Waals surface area contributed by atoms with Crippen LogP contribution in [0, 0.1) is 13.8 Å². The van der Waals surface area contributed by atoms with Crippen LogP contribution in [-0.2, 0) is 16.6 Å². The number of para-hydroxylation sites is 1. The molecule has 1 atom stereocenters. The second-order valence-corrected chi connectivity index (χ2v) is 11.8. The molecule has 1 unspecified atom stereocenters. The van der Waals surface area contributed by atoms with Crippen LogP contribution < -0.4 is 4.74 Å². The normalized spacial score (nSPS) is 15.9. The largest absolute Gasteiger partial charge is 0.496 e. The maximum Gasteiger partial charge on any atom is 0.225 e. The van der Waals surface area contributed by atoms with E-state index in [1.165, 1.54) is 0 Å². The second kappa shape index (κ2) is 11.1. The summed E-state index contributed by atoms with van der Waals surface area (Å²) in [4.78, 5) is 2.20. The highest BCUT2D eigenvalue weighted by molar-refractivity contribution is 7.89. The molecule has 5 rings (SSSR count). The predicted molar refractivity (Wildman–Crippen MR) is 148 cm³/mol. The highest BCUT2D eigenvalue weighted by Crippen LogP contribution is 2.35. The smallest absolute Gasteiger partial charge is 0.225 e. The molecule has 38 heavy (non-hydrogen) atoms. The van der Waals surface area contributed by atoms with Gasteiger partial charge in [0.05, 0.1) is 13.7 Å². The summed E-state index contributed by atoms with van der Waals surface area (Å²) in [5, 5.41) is 3.49. The number of sulfonamides is 1. The molecule has 0 spiro atoms. The zero-order valence-electron chi connectivity index (χ0n) is 22.0. The molecule has 0 amide bonds. The van der Waals surface area contributed by atoms with E-state index in [4.69, 9.17) is 9.26 Å². The summed E-state index contributed by atoms with van der Waals surface area (Å²) in [7, 11) is -2.01. The topological polar surface area (TPSA) is 75.9 Å². The summed E-state index contributed by atoms with van der Waals surface area (Å²) < 4.78 is 40.9. The minimum Gasteiger partial charge on any atom is -0.496 e. The maximum absolute atomic E-state index is 14.1. The van der Waals surface area contributed by atoms with Crippen molar-refractivity contribution in [1.29, 1.82) is 0 Å². The zero-order chi connectivity index (χ0) is 26.7. The van der Waals surface area contributed by atoms with Crippen LogP contribution in [0.2, 0.25) is 0 Å². The highest BCUT2D eigenvalue weighted by atomic mass is 32.2. The molecule has 7 nitrogen and oxygen atoms in total. The van der Waals surface area contributed by atoms with Crippen molar-refractivity contribution >= 4 is 10.0 Å². The van der Waals surface area contributed by atoms with Crippen LogP contribution in [0.5, 0.6) is 5.75 Å². The number of piperazine rings is 1. The van der Waals surface area contributed by atoms with Crippen molar-refractivity contribution in [2.24, 2.45) is 0 Å². The molecule has 1 aliphatic heterocycles. The van der Waals surface area contributed by atoms with E-state index in [9.17, 15) is 8.42 Å². The van der Waals surface area contributed by atoms with E-state index < -0.39 is 15.3 Å². The lowest BCUT2D eigenvalue weighted by Crippen LogP contribution is -2.49. The Balaban J connectivity index is 1.31. The Kier molecular flexibility index (Phi) is 7.65. The van der Waals surface area contributed by atoms with Gasteiger partial charge in [-0.2, -0.15) is 4.31 Å². The van der Waals surface area contributed by atoms with Gasteiger partial charge in [-0.3, -0.25) is 4.90 Å². The number of benzene rings is 3. The molecule has 3 aromatic carbocycles. The molecule has 1 aliphatic rings. The molecule has 2 heterocycles. The summed E-state index contributed by atoms with van der Waals surface area (Å²) in [5.74, 6) is 1.47. The number of methoxy groups -OCH3 is 1. The summed E-state index contributed by atoms with van der Waals surface area (Å²) in [5.41, 5.74) is 5.31. The molecule has 198 valence electrons. The van der Waals surface area contributed by atoms with Crippen molar-refractivity contribution in [2.75, 3.05) is 33.3 Å². The Hall–Kier alpha value is -3.46. The van der Waals surface area contributed by atoms with Crippen LogP contribution in [0.25, 0.3) is 11.3 Å². The molecule has 0 radical (unpaired) electrons. The Morgan fingerprint density at radius 1 is 0.921 bits per heavy atom. The van der Waals surface area contributed by atoms with Gasteiger partial charge in [0.25, 0.3) is 0 Å². The first-order valence-electron chi connectivity index (χ1n) is 12.8. The number of rotatable bonds is 8. The second-order valence-electron chi connectivity index (χ2n) is 9.75. The third kappa shape index (κ3) is 5.38.